The molecule has 0 saturated heterocycles. The van der Waals surface area contributed by atoms with E-state index in [1.807, 2.05) is 0 Å². The van der Waals surface area contributed by atoms with Gasteiger partial charge in [0.05, 0.1) is 29.5 Å². The number of aromatic carboxylic acids is 1. The molecule has 0 saturated carbocycles. The first-order valence-corrected chi connectivity index (χ1v) is 8.43. The van der Waals surface area contributed by atoms with Crippen LogP contribution in [0.4, 0.5) is 5.69 Å². The van der Waals surface area contributed by atoms with Gasteiger partial charge in [0.25, 0.3) is 0 Å². The van der Waals surface area contributed by atoms with Crippen molar-refractivity contribution in [2.45, 2.75) is 6.08 Å². The van der Waals surface area contributed by atoms with Crippen molar-refractivity contribution in [1.29, 1.82) is 0 Å². The molecule has 5 nitrogen and oxygen atoms in total. The second kappa shape index (κ2) is 10.1. The molecule has 29 heavy (non-hydrogen) atoms. The van der Waals surface area contributed by atoms with Crippen molar-refractivity contribution in [3.05, 3.63) is 88.7 Å². The van der Waals surface area contributed by atoms with E-state index in [-0.39, 0.29) is 0 Å². The Morgan fingerprint density at radius 1 is 1.07 bits per heavy atom. The summed E-state index contributed by atoms with van der Waals surface area (Å²) < 4.78 is 121. The van der Waals surface area contributed by atoms with Gasteiger partial charge >= 0.3 is 5.97 Å². The molecule has 0 amide bonds. The van der Waals surface area contributed by atoms with Gasteiger partial charge in [-0.1, -0.05) is 47.9 Å². The fraction of sp³-hybridized carbons (Fsp3) is 0.174. The molecule has 4 N–H and O–H groups in total. The van der Waals surface area contributed by atoms with Gasteiger partial charge in [0.1, 0.15) is 0 Å². The first-order valence-electron chi connectivity index (χ1n) is 15.5. The third kappa shape index (κ3) is 6.06. The number of carbonyl (C=O) groups is 1. The number of benzene rings is 3. The van der Waals surface area contributed by atoms with Gasteiger partial charge in [0.15, 0.2) is 0 Å². The highest BCUT2D eigenvalue weighted by molar-refractivity contribution is 6.30. The SMILES string of the molecule is [2H]c1c([2H])c(NCCNC([2H])([2H])[C@@]([2H])(O)c2c([2H])c([2H])c([2H])c(Cl)c2[2H])c([2H])c(-c2c([2H])c([2H])c([2H])c(C(=O)O)c2[2H])c1[2H]. The minimum Gasteiger partial charge on any atom is -0.478 e. The number of hydrogen-bond acceptors (Lipinski definition) is 4. The summed E-state index contributed by atoms with van der Waals surface area (Å²) in [6.45, 7) is -4.00. The lowest BCUT2D eigenvalue weighted by atomic mass is 10.0. The highest BCUT2D eigenvalue weighted by atomic mass is 35.5. The molecule has 6 heteroatoms. The van der Waals surface area contributed by atoms with Crippen molar-refractivity contribution in [3.63, 3.8) is 0 Å². The van der Waals surface area contributed by atoms with Gasteiger partial charge in [-0.05, 0) is 52.9 Å². The molecule has 0 heterocycles. The van der Waals surface area contributed by atoms with Gasteiger partial charge in [-0.25, -0.2) is 4.79 Å². The molecule has 150 valence electrons. The second-order valence-electron chi connectivity index (χ2n) is 5.32. The van der Waals surface area contributed by atoms with Crippen LogP contribution in [-0.2, 0) is 0 Å². The summed E-state index contributed by atoms with van der Waals surface area (Å²) in [5.41, 5.74) is -3.72. The standard InChI is InChI=1S/C23H23ClN2O3/c24-20-8-2-6-18(13-20)22(27)15-25-10-11-26-21-9-3-5-17(14-21)16-4-1-7-19(12-16)23(28)29/h1-9,12-14,22,25-27H,10-11,15H2,(H,28,29)/t22-/m1/s1/i1D,2D,3D,4D,5D,6D,7D,8D,9D,12D,13D,14D,15D2,22D. The average molecular weight is 426 g/mol. The number of carboxylic acids is 1. The summed E-state index contributed by atoms with van der Waals surface area (Å²) >= 11 is 5.82. The van der Waals surface area contributed by atoms with Crippen LogP contribution in [0.5, 0.6) is 0 Å². The first kappa shape index (κ1) is 8.88. The van der Waals surface area contributed by atoms with Gasteiger partial charge in [0, 0.05) is 33.0 Å². The molecule has 0 fully saturated rings. The Labute approximate surface area is 196 Å². The van der Waals surface area contributed by atoms with E-state index in [0.717, 1.165) is 0 Å². The van der Waals surface area contributed by atoms with Crippen LogP contribution in [0.3, 0.4) is 0 Å². The highest BCUT2D eigenvalue weighted by Crippen LogP contribution is 2.23. The van der Waals surface area contributed by atoms with Crippen LogP contribution in [0.1, 0.15) is 42.6 Å². The molecular formula is C23H23ClN2O3. The van der Waals surface area contributed by atoms with E-state index in [1.54, 1.807) is 0 Å². The highest BCUT2D eigenvalue weighted by Gasteiger charge is 2.07. The molecular weight excluding hydrogens is 388 g/mol. The molecule has 0 aliphatic carbocycles. The van der Waals surface area contributed by atoms with Crippen molar-refractivity contribution >= 4 is 23.3 Å². The monoisotopic (exact) mass is 425 g/mol. The summed E-state index contributed by atoms with van der Waals surface area (Å²) in [5.74, 6) is -1.77. The summed E-state index contributed by atoms with van der Waals surface area (Å²) in [5, 5.41) is 24.3. The molecule has 3 aromatic carbocycles. The van der Waals surface area contributed by atoms with Crippen molar-refractivity contribution in [2.75, 3.05) is 24.9 Å². The van der Waals surface area contributed by atoms with Gasteiger partial charge in [-0.15, -0.1) is 0 Å². The fourth-order valence-electron chi connectivity index (χ4n) is 2.03. The average Bonchev–Trinajstić information content (AvgIpc) is 2.93. The maximum Gasteiger partial charge on any atom is 0.335 e. The Kier molecular flexibility index (Phi) is 3.08. The zero-order chi connectivity index (χ0) is 33.8. The van der Waals surface area contributed by atoms with Crippen molar-refractivity contribution in [1.82, 2.24) is 5.32 Å². The van der Waals surface area contributed by atoms with E-state index in [1.165, 1.54) is 0 Å². The molecule has 0 radical (unpaired) electrons. The largest absolute Gasteiger partial charge is 0.478 e. The minimum atomic E-state index is -3.38. The Morgan fingerprint density at radius 2 is 1.79 bits per heavy atom. The number of carboxylic acid groups (broad SMARTS) is 1. The van der Waals surface area contributed by atoms with Crippen LogP contribution >= 0.6 is 11.6 Å². The third-order valence-electron chi connectivity index (χ3n) is 3.30. The van der Waals surface area contributed by atoms with E-state index in [4.69, 9.17) is 32.2 Å². The van der Waals surface area contributed by atoms with Crippen molar-refractivity contribution in [3.8, 4) is 11.1 Å². The molecule has 0 bridgehead atoms. The van der Waals surface area contributed by atoms with Crippen LogP contribution in [-0.4, -0.2) is 35.8 Å². The Balaban J connectivity index is 1.99. The number of anilines is 1. The van der Waals surface area contributed by atoms with Gasteiger partial charge in [0.2, 0.25) is 0 Å². The zero-order valence-electron chi connectivity index (χ0n) is 29.6. The van der Waals surface area contributed by atoms with Crippen LogP contribution in [0.2, 0.25) is 5.02 Å². The topological polar surface area (TPSA) is 81.6 Å². The first-order chi connectivity index (χ1) is 20.1. The van der Waals surface area contributed by atoms with Gasteiger partial charge < -0.3 is 20.8 Å². The lowest BCUT2D eigenvalue weighted by Crippen LogP contribution is -2.26. The van der Waals surface area contributed by atoms with Gasteiger partial charge in [-0.3, -0.25) is 0 Å². The number of halogens is 1. The lowest BCUT2D eigenvalue weighted by molar-refractivity contribution is 0.0697. The summed E-state index contributed by atoms with van der Waals surface area (Å²) in [6, 6.07) is -10.1. The van der Waals surface area contributed by atoms with Gasteiger partial charge in [-0.2, -0.15) is 0 Å². The minimum absolute atomic E-state index is 0.391. The van der Waals surface area contributed by atoms with Crippen molar-refractivity contribution < 1.29 is 35.6 Å². The van der Waals surface area contributed by atoms with Crippen LogP contribution < -0.4 is 10.6 Å². The second-order valence-corrected chi connectivity index (χ2v) is 5.70. The maximum absolute atomic E-state index is 11.7. The lowest BCUT2D eigenvalue weighted by Gasteiger charge is -2.13. The Hall–Kier alpha value is -2.86. The molecule has 3 rings (SSSR count). The van der Waals surface area contributed by atoms with E-state index >= 15 is 0 Å². The van der Waals surface area contributed by atoms with E-state index < -0.39 is 137 Å². The molecule has 0 aliphatic heterocycles. The zero-order valence-corrected chi connectivity index (χ0v) is 15.4. The molecule has 0 spiro atoms. The quantitative estimate of drug-likeness (QED) is 0.381. The number of hydrogen-bond donors (Lipinski definition) is 4. The van der Waals surface area contributed by atoms with Crippen LogP contribution in [0, 0.1) is 0 Å². The number of nitrogens with one attached hydrogen (secondary N) is 2. The predicted octanol–water partition coefficient (Wildman–Crippen LogP) is 4.44. The fourth-order valence-corrected chi connectivity index (χ4v) is 2.17. The smallest absolute Gasteiger partial charge is 0.335 e. The maximum atomic E-state index is 11.7. The molecule has 0 unspecified atom stereocenters. The number of rotatable bonds is 9. The molecule has 1 atom stereocenters. The molecule has 3 aromatic rings. The Bertz CT molecular complexity index is 1670. The summed E-state index contributed by atoms with van der Waals surface area (Å²) in [7, 11) is 0. The predicted molar refractivity (Wildman–Crippen MR) is 117 cm³/mol. The Morgan fingerprint density at radius 3 is 2.59 bits per heavy atom. The number of aliphatic hydroxyl groups is 1. The van der Waals surface area contributed by atoms with E-state index in [0.29, 0.717) is 0 Å². The van der Waals surface area contributed by atoms with E-state index in [2.05, 4.69) is 10.6 Å². The normalized spacial score (nSPS) is 20.7. The molecule has 0 aliphatic rings. The van der Waals surface area contributed by atoms with Crippen LogP contribution in [0.15, 0.2) is 72.5 Å². The van der Waals surface area contributed by atoms with E-state index in [9.17, 15) is 15.0 Å². The summed E-state index contributed by atoms with van der Waals surface area (Å²) in [6.07, 6.45) is -3.38. The van der Waals surface area contributed by atoms with Crippen molar-refractivity contribution in [2.24, 2.45) is 0 Å². The third-order valence-corrected chi connectivity index (χ3v) is 3.49. The molecule has 0 aromatic heterocycles. The van der Waals surface area contributed by atoms with Crippen LogP contribution in [0.25, 0.3) is 11.1 Å². The summed E-state index contributed by atoms with van der Waals surface area (Å²) in [4.78, 5) is 11.7.